The Balaban J connectivity index is 1.84. The Morgan fingerprint density at radius 3 is 2.56 bits per heavy atom. The summed E-state index contributed by atoms with van der Waals surface area (Å²) in [5, 5.41) is 0. The van der Waals surface area contributed by atoms with Gasteiger partial charge in [-0.1, -0.05) is 13.8 Å². The highest BCUT2D eigenvalue weighted by molar-refractivity contribution is 4.91. The van der Waals surface area contributed by atoms with Crippen molar-refractivity contribution in [1.82, 2.24) is 4.90 Å². The summed E-state index contributed by atoms with van der Waals surface area (Å²) in [4.78, 5) is 2.57. The first-order chi connectivity index (χ1) is 7.59. The van der Waals surface area contributed by atoms with Crippen LogP contribution in [0.3, 0.4) is 0 Å². The first-order valence-electron chi connectivity index (χ1n) is 6.68. The van der Waals surface area contributed by atoms with Gasteiger partial charge in [0, 0.05) is 31.8 Å². The summed E-state index contributed by atoms with van der Waals surface area (Å²) < 4.78 is 5.39. The van der Waals surface area contributed by atoms with E-state index in [4.69, 9.17) is 10.5 Å². The summed E-state index contributed by atoms with van der Waals surface area (Å²) in [6, 6.07) is 0. The van der Waals surface area contributed by atoms with E-state index in [1.165, 1.54) is 19.5 Å². The highest BCUT2D eigenvalue weighted by Gasteiger charge is 2.32. The van der Waals surface area contributed by atoms with Crippen LogP contribution in [0.15, 0.2) is 0 Å². The van der Waals surface area contributed by atoms with Crippen molar-refractivity contribution in [2.75, 3.05) is 32.8 Å². The third kappa shape index (κ3) is 2.96. The SMILES string of the molecule is CC1CCN(CC2(N)CCOCC2)CC1C. The Hall–Kier alpha value is -0.120. The number of likely N-dealkylation sites (tertiary alicyclic amines) is 1. The maximum atomic E-state index is 6.45. The number of piperidine rings is 1. The van der Waals surface area contributed by atoms with Crippen LogP contribution in [0.4, 0.5) is 0 Å². The van der Waals surface area contributed by atoms with E-state index in [0.29, 0.717) is 0 Å². The van der Waals surface area contributed by atoms with Crippen LogP contribution >= 0.6 is 0 Å². The van der Waals surface area contributed by atoms with Crippen molar-refractivity contribution in [3.8, 4) is 0 Å². The van der Waals surface area contributed by atoms with Crippen LogP contribution in [0.25, 0.3) is 0 Å². The minimum absolute atomic E-state index is 0.0124. The molecule has 2 aliphatic rings. The van der Waals surface area contributed by atoms with Crippen LogP contribution in [-0.2, 0) is 4.74 Å². The fraction of sp³-hybridized carbons (Fsp3) is 1.00. The van der Waals surface area contributed by atoms with Gasteiger partial charge in [-0.2, -0.15) is 0 Å². The predicted molar refractivity (Wildman–Crippen MR) is 66.4 cm³/mol. The van der Waals surface area contributed by atoms with Gasteiger partial charge in [0.2, 0.25) is 0 Å². The molecule has 0 radical (unpaired) electrons. The maximum Gasteiger partial charge on any atom is 0.0484 e. The molecule has 0 aromatic carbocycles. The van der Waals surface area contributed by atoms with E-state index in [2.05, 4.69) is 18.7 Å². The summed E-state index contributed by atoms with van der Waals surface area (Å²) in [6.45, 7) is 9.94. The average Bonchev–Trinajstić information content (AvgIpc) is 2.24. The van der Waals surface area contributed by atoms with Gasteiger partial charge in [-0.3, -0.25) is 0 Å². The zero-order valence-electron chi connectivity index (χ0n) is 10.7. The van der Waals surface area contributed by atoms with Gasteiger partial charge in [0.15, 0.2) is 0 Å². The van der Waals surface area contributed by atoms with Gasteiger partial charge in [-0.15, -0.1) is 0 Å². The van der Waals surface area contributed by atoms with Crippen molar-refractivity contribution in [2.24, 2.45) is 17.6 Å². The number of rotatable bonds is 2. The van der Waals surface area contributed by atoms with Crippen LogP contribution < -0.4 is 5.73 Å². The van der Waals surface area contributed by atoms with Gasteiger partial charge in [0.25, 0.3) is 0 Å². The van der Waals surface area contributed by atoms with E-state index >= 15 is 0 Å². The second kappa shape index (κ2) is 5.03. The van der Waals surface area contributed by atoms with E-state index in [9.17, 15) is 0 Å². The van der Waals surface area contributed by atoms with Gasteiger partial charge in [-0.05, 0) is 37.6 Å². The molecule has 2 atom stereocenters. The van der Waals surface area contributed by atoms with E-state index in [-0.39, 0.29) is 5.54 Å². The van der Waals surface area contributed by atoms with Crippen molar-refractivity contribution in [1.29, 1.82) is 0 Å². The Morgan fingerprint density at radius 2 is 1.94 bits per heavy atom. The largest absolute Gasteiger partial charge is 0.381 e. The van der Waals surface area contributed by atoms with E-state index in [1.54, 1.807) is 0 Å². The van der Waals surface area contributed by atoms with Crippen LogP contribution in [0.5, 0.6) is 0 Å². The Morgan fingerprint density at radius 1 is 1.25 bits per heavy atom. The minimum Gasteiger partial charge on any atom is -0.381 e. The molecule has 94 valence electrons. The topological polar surface area (TPSA) is 38.5 Å². The zero-order chi connectivity index (χ0) is 11.6. The normalized spacial score (nSPS) is 36.2. The lowest BCUT2D eigenvalue weighted by atomic mass is 9.85. The van der Waals surface area contributed by atoms with E-state index < -0.39 is 0 Å². The third-order valence-corrected chi connectivity index (χ3v) is 4.45. The second-order valence-corrected chi connectivity index (χ2v) is 5.95. The van der Waals surface area contributed by atoms with Crippen molar-refractivity contribution >= 4 is 0 Å². The number of nitrogens with two attached hydrogens (primary N) is 1. The van der Waals surface area contributed by atoms with Gasteiger partial charge in [0.1, 0.15) is 0 Å². The molecule has 16 heavy (non-hydrogen) atoms. The second-order valence-electron chi connectivity index (χ2n) is 5.95. The molecule has 0 bridgehead atoms. The Bertz CT molecular complexity index is 226. The smallest absolute Gasteiger partial charge is 0.0484 e. The highest BCUT2D eigenvalue weighted by atomic mass is 16.5. The quantitative estimate of drug-likeness (QED) is 0.775. The van der Waals surface area contributed by atoms with Crippen LogP contribution in [-0.4, -0.2) is 43.3 Å². The molecule has 0 amide bonds. The summed E-state index contributed by atoms with van der Waals surface area (Å²) in [5.41, 5.74) is 6.46. The molecular formula is C13H26N2O. The molecule has 2 fully saturated rings. The molecule has 2 heterocycles. The van der Waals surface area contributed by atoms with Gasteiger partial charge < -0.3 is 15.4 Å². The minimum atomic E-state index is 0.0124. The molecule has 2 unspecified atom stereocenters. The molecule has 3 heteroatoms. The van der Waals surface area contributed by atoms with E-state index in [1.807, 2.05) is 0 Å². The molecule has 0 aromatic rings. The Kier molecular flexibility index (Phi) is 3.88. The third-order valence-electron chi connectivity index (χ3n) is 4.45. The van der Waals surface area contributed by atoms with Crippen LogP contribution in [0, 0.1) is 11.8 Å². The molecule has 2 rings (SSSR count). The maximum absolute atomic E-state index is 6.45. The molecule has 0 spiro atoms. The highest BCUT2D eigenvalue weighted by Crippen LogP contribution is 2.26. The summed E-state index contributed by atoms with van der Waals surface area (Å²) in [7, 11) is 0. The number of hydrogen-bond donors (Lipinski definition) is 1. The fourth-order valence-corrected chi connectivity index (χ4v) is 2.87. The lowest BCUT2D eigenvalue weighted by molar-refractivity contribution is 0.0265. The summed E-state index contributed by atoms with van der Waals surface area (Å²) >= 11 is 0. The molecule has 3 nitrogen and oxygen atoms in total. The lowest BCUT2D eigenvalue weighted by Gasteiger charge is -2.42. The summed E-state index contributed by atoms with van der Waals surface area (Å²) in [5.74, 6) is 1.69. The van der Waals surface area contributed by atoms with Gasteiger partial charge in [-0.25, -0.2) is 0 Å². The van der Waals surface area contributed by atoms with Gasteiger partial charge in [0.05, 0.1) is 0 Å². The molecule has 0 aliphatic carbocycles. The van der Waals surface area contributed by atoms with Crippen molar-refractivity contribution < 1.29 is 4.74 Å². The van der Waals surface area contributed by atoms with Crippen molar-refractivity contribution in [3.05, 3.63) is 0 Å². The Labute approximate surface area is 99.3 Å². The lowest BCUT2D eigenvalue weighted by Crippen LogP contribution is -2.55. The number of nitrogens with zero attached hydrogens (tertiary/aromatic N) is 1. The molecule has 0 saturated carbocycles. The first kappa shape index (κ1) is 12.3. The standard InChI is InChI=1S/C13H26N2O/c1-11-3-6-15(9-12(11)2)10-13(14)4-7-16-8-5-13/h11-12H,3-10,14H2,1-2H3. The van der Waals surface area contributed by atoms with Crippen molar-refractivity contribution in [2.45, 2.75) is 38.6 Å². The molecule has 2 saturated heterocycles. The number of hydrogen-bond acceptors (Lipinski definition) is 3. The van der Waals surface area contributed by atoms with Crippen molar-refractivity contribution in [3.63, 3.8) is 0 Å². The van der Waals surface area contributed by atoms with Crippen LogP contribution in [0.1, 0.15) is 33.1 Å². The zero-order valence-corrected chi connectivity index (χ0v) is 10.7. The summed E-state index contributed by atoms with van der Waals surface area (Å²) in [6.07, 6.45) is 3.37. The fourth-order valence-electron chi connectivity index (χ4n) is 2.87. The van der Waals surface area contributed by atoms with Gasteiger partial charge >= 0.3 is 0 Å². The molecule has 2 aliphatic heterocycles. The monoisotopic (exact) mass is 226 g/mol. The molecular weight excluding hydrogens is 200 g/mol. The molecule has 0 aromatic heterocycles. The first-order valence-corrected chi connectivity index (χ1v) is 6.68. The molecule has 2 N–H and O–H groups in total. The predicted octanol–water partition coefficient (Wildman–Crippen LogP) is 1.47. The van der Waals surface area contributed by atoms with Crippen LogP contribution in [0.2, 0.25) is 0 Å². The number of ether oxygens (including phenoxy) is 1. The average molecular weight is 226 g/mol. The van der Waals surface area contributed by atoms with E-state index in [0.717, 1.165) is 44.4 Å².